The lowest BCUT2D eigenvalue weighted by Gasteiger charge is -2.15. The van der Waals surface area contributed by atoms with Crippen LogP contribution in [0, 0.1) is 0 Å². The number of hydrogen-bond acceptors (Lipinski definition) is 4. The molecule has 0 aliphatic heterocycles. The van der Waals surface area contributed by atoms with Gasteiger partial charge in [-0.3, -0.25) is 4.98 Å². The quantitative estimate of drug-likeness (QED) is 0.398. The topological polar surface area (TPSA) is 33.1 Å². The molecule has 1 aromatic carbocycles. The summed E-state index contributed by atoms with van der Waals surface area (Å²) in [6.45, 7) is 0. The Morgan fingerprint density at radius 3 is 2.59 bits per heavy atom. The van der Waals surface area contributed by atoms with Gasteiger partial charge in [-0.1, -0.05) is 29.8 Å². The lowest BCUT2D eigenvalue weighted by molar-refractivity contribution is 0.220. The molecule has 0 unspecified atom stereocenters. The highest BCUT2D eigenvalue weighted by atomic mass is 35.5. The van der Waals surface area contributed by atoms with Crippen molar-refractivity contribution >= 4 is 34.3 Å². The van der Waals surface area contributed by atoms with Gasteiger partial charge >= 0.3 is 0 Å². The van der Waals surface area contributed by atoms with Gasteiger partial charge in [0, 0.05) is 33.4 Å². The molecule has 136 valence electrons. The van der Waals surface area contributed by atoms with Crippen LogP contribution < -0.4 is 0 Å². The second-order valence-electron chi connectivity index (χ2n) is 6.31. The van der Waals surface area contributed by atoms with Gasteiger partial charge < -0.3 is 5.11 Å². The van der Waals surface area contributed by atoms with E-state index in [1.54, 1.807) is 35.1 Å². The van der Waals surface area contributed by atoms with Gasteiger partial charge in [0.1, 0.15) is 6.10 Å². The van der Waals surface area contributed by atoms with Gasteiger partial charge in [-0.2, -0.15) is 11.3 Å². The van der Waals surface area contributed by atoms with Crippen LogP contribution in [0.15, 0.2) is 71.0 Å². The minimum Gasteiger partial charge on any atom is -0.384 e. The Hall–Kier alpha value is -1.98. The zero-order valence-electron chi connectivity index (χ0n) is 14.5. The molecule has 5 heteroatoms. The van der Waals surface area contributed by atoms with Crippen molar-refractivity contribution in [3.8, 4) is 11.1 Å². The van der Waals surface area contributed by atoms with Crippen LogP contribution in [-0.4, -0.2) is 10.1 Å². The van der Waals surface area contributed by atoms with Crippen LogP contribution in [0.25, 0.3) is 11.1 Å². The van der Waals surface area contributed by atoms with Gasteiger partial charge in [0.2, 0.25) is 0 Å². The van der Waals surface area contributed by atoms with E-state index in [2.05, 4.69) is 39.3 Å². The maximum Gasteiger partial charge on any atom is 0.107 e. The summed E-state index contributed by atoms with van der Waals surface area (Å²) in [5, 5.41) is 18.2. The van der Waals surface area contributed by atoms with Crippen molar-refractivity contribution in [2.75, 3.05) is 0 Å². The van der Waals surface area contributed by atoms with Crippen molar-refractivity contribution < 1.29 is 5.11 Å². The van der Waals surface area contributed by atoms with Crippen molar-refractivity contribution in [1.29, 1.82) is 0 Å². The summed E-state index contributed by atoms with van der Waals surface area (Å²) < 4.78 is 0. The average molecular weight is 412 g/mol. The number of aryl methyl sites for hydroxylation is 2. The Labute approximate surface area is 171 Å². The van der Waals surface area contributed by atoms with Gasteiger partial charge in [0.25, 0.3) is 0 Å². The first-order chi connectivity index (χ1) is 13.2. The monoisotopic (exact) mass is 411 g/mol. The van der Waals surface area contributed by atoms with Crippen molar-refractivity contribution in [2.24, 2.45) is 0 Å². The summed E-state index contributed by atoms with van der Waals surface area (Å²) in [4.78, 5) is 5.38. The number of thiophene rings is 2. The molecule has 0 saturated carbocycles. The summed E-state index contributed by atoms with van der Waals surface area (Å²) in [6, 6.07) is 13.9. The third-order valence-corrected chi connectivity index (χ3v) is 6.57. The number of pyridine rings is 1. The van der Waals surface area contributed by atoms with Crippen molar-refractivity contribution in [3.63, 3.8) is 0 Å². The van der Waals surface area contributed by atoms with Crippen LogP contribution in [0.3, 0.4) is 0 Å². The van der Waals surface area contributed by atoms with Gasteiger partial charge in [-0.25, -0.2) is 0 Å². The summed E-state index contributed by atoms with van der Waals surface area (Å²) in [5.74, 6) is 0. The molecule has 1 N–H and O–H groups in total. The Morgan fingerprint density at radius 2 is 1.89 bits per heavy atom. The number of rotatable bonds is 6. The molecule has 0 aliphatic carbocycles. The summed E-state index contributed by atoms with van der Waals surface area (Å²) in [5.41, 5.74) is 5.34. The van der Waals surface area contributed by atoms with E-state index in [1.165, 1.54) is 10.4 Å². The van der Waals surface area contributed by atoms with E-state index in [9.17, 15) is 5.11 Å². The number of aliphatic hydroxyl groups is 1. The van der Waals surface area contributed by atoms with E-state index in [0.717, 1.165) is 40.1 Å². The Morgan fingerprint density at radius 1 is 1.04 bits per heavy atom. The summed E-state index contributed by atoms with van der Waals surface area (Å²) in [6.07, 6.45) is 4.57. The Bertz CT molecular complexity index is 995. The maximum absolute atomic E-state index is 11.1. The smallest absolute Gasteiger partial charge is 0.107 e. The standard InChI is InChI=1S/C22H18ClNOS2/c23-18-6-3-15(4-7-18)5-8-20-21(22(25)16-2-1-10-24-12-16)19(14-27-20)17-9-11-26-13-17/h1-4,6-7,9-14,22,25H,5,8H2/t22-/m1/s1. The van der Waals surface area contributed by atoms with Crippen molar-refractivity contribution in [1.82, 2.24) is 4.98 Å². The van der Waals surface area contributed by atoms with Crippen LogP contribution in [0.4, 0.5) is 0 Å². The van der Waals surface area contributed by atoms with Crippen LogP contribution >= 0.6 is 34.3 Å². The molecule has 0 bridgehead atoms. The Kier molecular flexibility index (Phi) is 5.69. The first-order valence-corrected chi connectivity index (χ1v) is 10.9. The minimum atomic E-state index is -0.680. The maximum atomic E-state index is 11.1. The fraction of sp³-hybridized carbons (Fsp3) is 0.136. The molecule has 1 atom stereocenters. The molecule has 4 rings (SSSR count). The van der Waals surface area contributed by atoms with Gasteiger partial charge in [-0.05, 0) is 69.9 Å². The number of aliphatic hydroxyl groups excluding tert-OH is 1. The third kappa shape index (κ3) is 4.14. The second kappa shape index (κ2) is 8.36. The lowest BCUT2D eigenvalue weighted by Crippen LogP contribution is -2.04. The fourth-order valence-corrected chi connectivity index (χ4v) is 5.03. The number of hydrogen-bond donors (Lipinski definition) is 1. The van der Waals surface area contributed by atoms with Crippen LogP contribution in [0.2, 0.25) is 5.02 Å². The highest BCUT2D eigenvalue weighted by Gasteiger charge is 2.22. The van der Waals surface area contributed by atoms with E-state index in [-0.39, 0.29) is 0 Å². The molecule has 0 amide bonds. The van der Waals surface area contributed by atoms with Crippen LogP contribution in [-0.2, 0) is 12.8 Å². The second-order valence-corrected chi connectivity index (χ2v) is 8.49. The largest absolute Gasteiger partial charge is 0.384 e. The number of benzene rings is 1. The third-order valence-electron chi connectivity index (χ3n) is 4.57. The predicted octanol–water partition coefficient (Wildman–Crippen LogP) is 6.39. The molecule has 0 radical (unpaired) electrons. The lowest BCUT2D eigenvalue weighted by atomic mass is 9.95. The molecule has 2 nitrogen and oxygen atoms in total. The molecule has 3 aromatic heterocycles. The highest BCUT2D eigenvalue weighted by molar-refractivity contribution is 7.10. The molecule has 0 aliphatic rings. The molecule has 4 aromatic rings. The summed E-state index contributed by atoms with van der Waals surface area (Å²) in [7, 11) is 0. The van der Waals surface area contributed by atoms with Crippen molar-refractivity contribution in [2.45, 2.75) is 18.9 Å². The van der Waals surface area contributed by atoms with E-state index in [0.29, 0.717) is 0 Å². The number of nitrogens with zero attached hydrogens (tertiary/aromatic N) is 1. The first-order valence-electron chi connectivity index (χ1n) is 8.67. The molecule has 3 heterocycles. The first kappa shape index (κ1) is 18.4. The minimum absolute atomic E-state index is 0.680. The number of aromatic nitrogens is 1. The van der Waals surface area contributed by atoms with E-state index in [1.807, 2.05) is 24.3 Å². The van der Waals surface area contributed by atoms with Gasteiger partial charge in [0.15, 0.2) is 0 Å². The normalized spacial score (nSPS) is 12.2. The number of halogens is 1. The van der Waals surface area contributed by atoms with Crippen LogP contribution in [0.5, 0.6) is 0 Å². The van der Waals surface area contributed by atoms with E-state index in [4.69, 9.17) is 11.6 Å². The van der Waals surface area contributed by atoms with Crippen molar-refractivity contribution in [3.05, 3.63) is 97.6 Å². The highest BCUT2D eigenvalue weighted by Crippen LogP contribution is 2.39. The molecular weight excluding hydrogens is 394 g/mol. The fourth-order valence-electron chi connectivity index (χ4n) is 3.16. The summed E-state index contributed by atoms with van der Waals surface area (Å²) >= 11 is 9.38. The van der Waals surface area contributed by atoms with Crippen LogP contribution in [0.1, 0.15) is 27.7 Å². The molecule has 0 fully saturated rings. The molecule has 0 saturated heterocycles. The van der Waals surface area contributed by atoms with Gasteiger partial charge in [0.05, 0.1) is 0 Å². The molecule has 0 spiro atoms. The Balaban J connectivity index is 1.67. The van der Waals surface area contributed by atoms with E-state index < -0.39 is 6.10 Å². The zero-order valence-corrected chi connectivity index (χ0v) is 16.9. The molecule has 27 heavy (non-hydrogen) atoms. The van der Waals surface area contributed by atoms with E-state index >= 15 is 0 Å². The van der Waals surface area contributed by atoms with Gasteiger partial charge in [-0.15, -0.1) is 11.3 Å². The molecular formula is C22H18ClNOS2. The SMILES string of the molecule is O[C@H](c1cccnc1)c1c(-c2ccsc2)csc1CCc1ccc(Cl)cc1. The zero-order chi connectivity index (χ0) is 18.6. The predicted molar refractivity (Wildman–Crippen MR) is 115 cm³/mol. The average Bonchev–Trinajstić information content (AvgIpc) is 3.37.